The Labute approximate surface area is 98.6 Å². The van der Waals surface area contributed by atoms with Gasteiger partial charge < -0.3 is 10.3 Å². The van der Waals surface area contributed by atoms with Crippen molar-refractivity contribution in [3.05, 3.63) is 47.4 Å². The van der Waals surface area contributed by atoms with Gasteiger partial charge in [0.05, 0.1) is 0 Å². The SMILES string of the molecule is CC(CN)c1nc(Cc2cccc(F)c2)no1. The second kappa shape index (κ2) is 5.05. The van der Waals surface area contributed by atoms with E-state index in [4.69, 9.17) is 10.3 Å². The number of halogens is 1. The fraction of sp³-hybridized carbons (Fsp3) is 0.333. The topological polar surface area (TPSA) is 64.9 Å². The van der Waals surface area contributed by atoms with E-state index < -0.39 is 0 Å². The monoisotopic (exact) mass is 235 g/mol. The summed E-state index contributed by atoms with van der Waals surface area (Å²) in [5.74, 6) is 0.857. The summed E-state index contributed by atoms with van der Waals surface area (Å²) in [7, 11) is 0. The van der Waals surface area contributed by atoms with Crippen molar-refractivity contribution in [3.63, 3.8) is 0 Å². The largest absolute Gasteiger partial charge is 0.339 e. The lowest BCUT2D eigenvalue weighted by Crippen LogP contribution is -2.09. The maximum absolute atomic E-state index is 13.0. The van der Waals surface area contributed by atoms with E-state index in [0.717, 1.165) is 5.56 Å². The van der Waals surface area contributed by atoms with Crippen molar-refractivity contribution in [1.29, 1.82) is 0 Å². The van der Waals surface area contributed by atoms with Gasteiger partial charge >= 0.3 is 0 Å². The summed E-state index contributed by atoms with van der Waals surface area (Å²) in [6.45, 7) is 2.38. The molecule has 0 aliphatic carbocycles. The van der Waals surface area contributed by atoms with Crippen LogP contribution in [-0.4, -0.2) is 16.7 Å². The molecule has 0 aliphatic heterocycles. The van der Waals surface area contributed by atoms with Crippen LogP contribution in [0.25, 0.3) is 0 Å². The van der Waals surface area contributed by atoms with Crippen molar-refractivity contribution in [2.75, 3.05) is 6.54 Å². The summed E-state index contributed by atoms with van der Waals surface area (Å²) < 4.78 is 18.1. The van der Waals surface area contributed by atoms with E-state index in [0.29, 0.717) is 24.7 Å². The third-order valence-corrected chi connectivity index (χ3v) is 2.51. The van der Waals surface area contributed by atoms with Gasteiger partial charge in [0, 0.05) is 18.9 Å². The van der Waals surface area contributed by atoms with Crippen LogP contribution in [0.15, 0.2) is 28.8 Å². The summed E-state index contributed by atoms with van der Waals surface area (Å²) in [6, 6.07) is 6.35. The van der Waals surface area contributed by atoms with Gasteiger partial charge in [0.1, 0.15) is 5.82 Å². The number of rotatable bonds is 4. The maximum atomic E-state index is 13.0. The first-order valence-corrected chi connectivity index (χ1v) is 5.46. The van der Waals surface area contributed by atoms with Crippen molar-refractivity contribution in [2.24, 2.45) is 5.73 Å². The zero-order valence-corrected chi connectivity index (χ0v) is 9.56. The molecule has 2 aromatic rings. The molecule has 1 unspecified atom stereocenters. The molecule has 0 saturated carbocycles. The number of nitrogens with two attached hydrogens (primary N) is 1. The predicted octanol–water partition coefficient (Wildman–Crippen LogP) is 1.86. The number of nitrogens with zero attached hydrogens (tertiary/aromatic N) is 2. The van der Waals surface area contributed by atoms with E-state index in [1.807, 2.05) is 13.0 Å². The minimum atomic E-state index is -0.262. The highest BCUT2D eigenvalue weighted by Gasteiger charge is 2.12. The summed E-state index contributed by atoms with van der Waals surface area (Å²) in [6.07, 6.45) is 0.457. The molecule has 2 N–H and O–H groups in total. The molecule has 0 amide bonds. The summed E-state index contributed by atoms with van der Waals surface area (Å²) in [5.41, 5.74) is 6.33. The highest BCUT2D eigenvalue weighted by molar-refractivity contribution is 5.19. The van der Waals surface area contributed by atoms with Crippen molar-refractivity contribution < 1.29 is 8.91 Å². The second-order valence-electron chi connectivity index (χ2n) is 3.99. The van der Waals surface area contributed by atoms with Crippen molar-refractivity contribution >= 4 is 0 Å². The Balaban J connectivity index is 2.11. The Morgan fingerprint density at radius 1 is 1.47 bits per heavy atom. The highest BCUT2D eigenvalue weighted by atomic mass is 19.1. The Kier molecular flexibility index (Phi) is 3.49. The van der Waals surface area contributed by atoms with Crippen LogP contribution in [0.2, 0.25) is 0 Å². The van der Waals surface area contributed by atoms with Gasteiger partial charge in [-0.05, 0) is 17.7 Å². The third-order valence-electron chi connectivity index (χ3n) is 2.51. The highest BCUT2D eigenvalue weighted by Crippen LogP contribution is 2.13. The molecule has 5 heteroatoms. The first-order chi connectivity index (χ1) is 8.19. The summed E-state index contributed by atoms with van der Waals surface area (Å²) in [4.78, 5) is 4.23. The second-order valence-corrected chi connectivity index (χ2v) is 3.99. The molecule has 90 valence electrons. The van der Waals surface area contributed by atoms with Crippen LogP contribution in [0, 0.1) is 5.82 Å². The number of aromatic nitrogens is 2. The molecule has 4 nitrogen and oxygen atoms in total. The minimum absolute atomic E-state index is 0.0451. The van der Waals surface area contributed by atoms with Gasteiger partial charge in [-0.3, -0.25) is 0 Å². The molecule has 1 aromatic carbocycles. The maximum Gasteiger partial charge on any atom is 0.230 e. The van der Waals surface area contributed by atoms with E-state index in [-0.39, 0.29) is 11.7 Å². The van der Waals surface area contributed by atoms with Crippen LogP contribution in [0.1, 0.15) is 30.1 Å². The molecule has 0 saturated heterocycles. The van der Waals surface area contributed by atoms with Gasteiger partial charge in [-0.15, -0.1) is 0 Å². The summed E-state index contributed by atoms with van der Waals surface area (Å²) >= 11 is 0. The molecule has 17 heavy (non-hydrogen) atoms. The average Bonchev–Trinajstić information content (AvgIpc) is 2.76. The van der Waals surface area contributed by atoms with Gasteiger partial charge in [0.2, 0.25) is 5.89 Å². The third kappa shape index (κ3) is 2.88. The molecule has 0 aliphatic rings. The van der Waals surface area contributed by atoms with Gasteiger partial charge in [-0.25, -0.2) is 4.39 Å². The fourth-order valence-electron chi connectivity index (χ4n) is 1.47. The Bertz CT molecular complexity index is 498. The number of hydrogen-bond acceptors (Lipinski definition) is 4. The zero-order valence-electron chi connectivity index (χ0n) is 9.56. The lowest BCUT2D eigenvalue weighted by Gasteiger charge is -1.99. The lowest BCUT2D eigenvalue weighted by atomic mass is 10.1. The average molecular weight is 235 g/mol. The van der Waals surface area contributed by atoms with Crippen molar-refractivity contribution in [2.45, 2.75) is 19.3 Å². The van der Waals surface area contributed by atoms with E-state index in [1.54, 1.807) is 6.07 Å². The molecule has 2 rings (SSSR count). The molecule has 0 radical (unpaired) electrons. The van der Waals surface area contributed by atoms with Crippen LogP contribution in [-0.2, 0) is 6.42 Å². The minimum Gasteiger partial charge on any atom is -0.339 e. The number of hydrogen-bond donors (Lipinski definition) is 1. The van der Waals surface area contributed by atoms with E-state index in [1.165, 1.54) is 12.1 Å². The van der Waals surface area contributed by atoms with E-state index >= 15 is 0 Å². The predicted molar refractivity (Wildman–Crippen MR) is 61.0 cm³/mol. The Morgan fingerprint density at radius 3 is 3.00 bits per heavy atom. The smallest absolute Gasteiger partial charge is 0.230 e. The first kappa shape index (κ1) is 11.7. The Morgan fingerprint density at radius 2 is 2.29 bits per heavy atom. The lowest BCUT2D eigenvalue weighted by molar-refractivity contribution is 0.357. The van der Waals surface area contributed by atoms with Gasteiger partial charge in [-0.2, -0.15) is 4.98 Å². The fourth-order valence-corrected chi connectivity index (χ4v) is 1.47. The van der Waals surface area contributed by atoms with Crippen LogP contribution in [0.4, 0.5) is 4.39 Å². The van der Waals surface area contributed by atoms with E-state index in [2.05, 4.69) is 10.1 Å². The van der Waals surface area contributed by atoms with E-state index in [9.17, 15) is 4.39 Å². The van der Waals surface area contributed by atoms with Crippen LogP contribution < -0.4 is 5.73 Å². The standard InChI is InChI=1S/C12H14FN3O/c1-8(7-14)12-15-11(16-17-12)6-9-3-2-4-10(13)5-9/h2-5,8H,6-7,14H2,1H3. The van der Waals surface area contributed by atoms with Crippen LogP contribution >= 0.6 is 0 Å². The molecule has 0 fully saturated rings. The van der Waals surface area contributed by atoms with Crippen LogP contribution in [0.3, 0.4) is 0 Å². The first-order valence-electron chi connectivity index (χ1n) is 5.46. The van der Waals surface area contributed by atoms with Gasteiger partial charge in [0.25, 0.3) is 0 Å². The normalized spacial score (nSPS) is 12.6. The van der Waals surface area contributed by atoms with Gasteiger partial charge in [0.15, 0.2) is 5.82 Å². The van der Waals surface area contributed by atoms with Gasteiger partial charge in [-0.1, -0.05) is 24.2 Å². The molecular weight excluding hydrogens is 221 g/mol. The molecule has 0 bridgehead atoms. The molecule has 1 aromatic heterocycles. The quantitative estimate of drug-likeness (QED) is 0.878. The van der Waals surface area contributed by atoms with Crippen LogP contribution in [0.5, 0.6) is 0 Å². The molecule has 1 atom stereocenters. The number of benzene rings is 1. The molecule has 0 spiro atoms. The Hall–Kier alpha value is -1.75. The van der Waals surface area contributed by atoms with Crippen molar-refractivity contribution in [3.8, 4) is 0 Å². The molecule has 1 heterocycles. The molecular formula is C12H14FN3O. The zero-order chi connectivity index (χ0) is 12.3. The van der Waals surface area contributed by atoms with Crippen molar-refractivity contribution in [1.82, 2.24) is 10.1 Å². The summed E-state index contributed by atoms with van der Waals surface area (Å²) in [5, 5.41) is 3.85.